The number of carboxylic acid groups (broad SMARTS) is 1. The summed E-state index contributed by atoms with van der Waals surface area (Å²) in [6.07, 6.45) is 1.35. The topological polar surface area (TPSA) is 134 Å². The maximum Gasteiger partial charge on any atom is 0.413 e. The molecule has 5 rings (SSSR count). The summed E-state index contributed by atoms with van der Waals surface area (Å²) in [6.45, 7) is 1.28. The van der Waals surface area contributed by atoms with Crippen molar-refractivity contribution in [3.63, 3.8) is 0 Å². The highest BCUT2D eigenvalue weighted by Crippen LogP contribution is 2.48. The zero-order chi connectivity index (χ0) is 27.0. The minimum atomic E-state index is -0.857. The molecule has 2 fully saturated rings. The summed E-state index contributed by atoms with van der Waals surface area (Å²) in [5.41, 5.74) is 1.46. The maximum atomic E-state index is 13.1. The van der Waals surface area contributed by atoms with Crippen LogP contribution in [0.25, 0.3) is 0 Å². The number of nitrogens with one attached hydrogen (secondary N) is 1. The van der Waals surface area contributed by atoms with E-state index in [4.69, 9.17) is 4.74 Å². The Morgan fingerprint density at radius 3 is 2.26 bits per heavy atom. The zero-order valence-electron chi connectivity index (χ0n) is 21.0. The van der Waals surface area contributed by atoms with E-state index < -0.39 is 23.6 Å². The molecule has 0 radical (unpaired) electrons. The normalized spacial score (nSPS) is 17.2. The van der Waals surface area contributed by atoms with Crippen LogP contribution < -0.4 is 15.1 Å². The van der Waals surface area contributed by atoms with Gasteiger partial charge in [-0.2, -0.15) is 5.10 Å². The van der Waals surface area contributed by atoms with Crippen LogP contribution in [0, 0.1) is 0 Å². The minimum Gasteiger partial charge on any atom is -0.481 e. The van der Waals surface area contributed by atoms with Crippen molar-refractivity contribution >= 4 is 41.1 Å². The van der Waals surface area contributed by atoms with Crippen molar-refractivity contribution in [2.75, 3.05) is 28.2 Å². The lowest BCUT2D eigenvalue weighted by molar-refractivity contribution is -0.140. The molecular weight excluding hydrogens is 490 g/mol. The molecule has 2 heterocycles. The molecule has 1 aliphatic heterocycles. The Balaban J connectivity index is 1.28. The van der Waals surface area contributed by atoms with Gasteiger partial charge in [0.2, 0.25) is 11.8 Å². The molecule has 1 saturated carbocycles. The molecule has 0 spiro atoms. The van der Waals surface area contributed by atoms with Crippen molar-refractivity contribution in [3.8, 4) is 0 Å². The van der Waals surface area contributed by atoms with Gasteiger partial charge in [0.25, 0.3) is 0 Å². The van der Waals surface area contributed by atoms with E-state index in [9.17, 15) is 24.3 Å². The fourth-order valence-corrected chi connectivity index (χ4v) is 4.63. The second kappa shape index (κ2) is 9.66. The van der Waals surface area contributed by atoms with E-state index in [-0.39, 0.29) is 36.4 Å². The van der Waals surface area contributed by atoms with E-state index in [2.05, 4.69) is 10.4 Å². The Kier molecular flexibility index (Phi) is 6.35. The summed E-state index contributed by atoms with van der Waals surface area (Å²) in [7, 11) is 1.60. The summed E-state index contributed by atoms with van der Waals surface area (Å²) in [6, 6.07) is 16.0. The van der Waals surface area contributed by atoms with E-state index in [1.54, 1.807) is 38.2 Å². The number of hydrogen-bond acceptors (Lipinski definition) is 6. The Bertz CT molecular complexity index is 1400. The van der Waals surface area contributed by atoms with Gasteiger partial charge in [0.05, 0.1) is 11.6 Å². The van der Waals surface area contributed by atoms with Gasteiger partial charge < -0.3 is 14.7 Å². The van der Waals surface area contributed by atoms with Gasteiger partial charge in [-0.05, 0) is 43.0 Å². The maximum absolute atomic E-state index is 13.1. The fraction of sp³-hybridized carbons (Fsp3) is 0.296. The van der Waals surface area contributed by atoms with Crippen molar-refractivity contribution in [2.24, 2.45) is 7.05 Å². The Labute approximate surface area is 218 Å². The molecule has 196 valence electrons. The Hall–Kier alpha value is -4.67. The van der Waals surface area contributed by atoms with Gasteiger partial charge in [-0.1, -0.05) is 42.5 Å². The summed E-state index contributed by atoms with van der Waals surface area (Å²) >= 11 is 0. The number of anilines is 3. The molecular formula is C27H27N5O6. The molecule has 38 heavy (non-hydrogen) atoms. The second-order valence-corrected chi connectivity index (χ2v) is 9.48. The first-order valence-electron chi connectivity index (χ1n) is 12.2. The number of hydrogen-bond donors (Lipinski definition) is 2. The predicted octanol–water partition coefficient (Wildman–Crippen LogP) is 3.23. The van der Waals surface area contributed by atoms with Gasteiger partial charge >= 0.3 is 12.1 Å². The monoisotopic (exact) mass is 517 g/mol. The lowest BCUT2D eigenvalue weighted by atomic mass is 9.96. The van der Waals surface area contributed by atoms with Crippen LogP contribution in [-0.2, 0) is 31.6 Å². The first kappa shape index (κ1) is 25.0. The van der Waals surface area contributed by atoms with Gasteiger partial charge in [-0.25, -0.2) is 4.79 Å². The summed E-state index contributed by atoms with van der Waals surface area (Å²) < 4.78 is 6.87. The van der Waals surface area contributed by atoms with Crippen LogP contribution in [0.5, 0.6) is 0 Å². The van der Waals surface area contributed by atoms with Crippen molar-refractivity contribution in [2.45, 2.75) is 31.3 Å². The number of benzene rings is 2. The number of amides is 3. The quantitative estimate of drug-likeness (QED) is 0.491. The molecule has 3 amide bonds. The number of ether oxygens (including phenoxy) is 1. The molecule has 1 atom stereocenters. The molecule has 2 N–H and O–H groups in total. The van der Waals surface area contributed by atoms with Crippen LogP contribution in [0.15, 0.2) is 60.8 Å². The highest BCUT2D eigenvalue weighted by atomic mass is 16.6. The molecule has 1 aliphatic carbocycles. The highest BCUT2D eigenvalue weighted by Gasteiger charge is 2.51. The van der Waals surface area contributed by atoms with Gasteiger partial charge in [0, 0.05) is 12.7 Å². The standard InChI is InChI=1S/C27H27N5O6/c1-17(18-6-4-3-5-7-18)38-26(37)29-24-21(14-28-30(24)2)32-16-22(33)31(15-23(32)34)20-10-8-19(9-11-20)27(12-13-27)25(35)36/h3-11,14,17H,12-13,15-16H2,1-2H3,(H,29,37)(H,35,36). The molecule has 2 aromatic carbocycles. The number of aryl methyl sites for hydroxylation is 1. The van der Waals surface area contributed by atoms with Crippen LogP contribution >= 0.6 is 0 Å². The summed E-state index contributed by atoms with van der Waals surface area (Å²) in [4.78, 5) is 53.1. The summed E-state index contributed by atoms with van der Waals surface area (Å²) in [5, 5.41) is 16.3. The van der Waals surface area contributed by atoms with Crippen LogP contribution in [0.4, 0.5) is 22.0 Å². The molecule has 1 saturated heterocycles. The van der Waals surface area contributed by atoms with Crippen LogP contribution in [0.2, 0.25) is 0 Å². The number of nitrogens with zero attached hydrogens (tertiary/aromatic N) is 4. The zero-order valence-corrected chi connectivity index (χ0v) is 21.0. The van der Waals surface area contributed by atoms with Crippen molar-refractivity contribution in [3.05, 3.63) is 71.9 Å². The smallest absolute Gasteiger partial charge is 0.413 e. The highest BCUT2D eigenvalue weighted by molar-refractivity contribution is 6.13. The van der Waals surface area contributed by atoms with Crippen LogP contribution in [0.3, 0.4) is 0 Å². The van der Waals surface area contributed by atoms with Gasteiger partial charge in [-0.15, -0.1) is 0 Å². The summed E-state index contributed by atoms with van der Waals surface area (Å²) in [5.74, 6) is -1.33. The molecule has 0 bridgehead atoms. The van der Waals surface area contributed by atoms with Gasteiger partial charge in [0.15, 0.2) is 5.82 Å². The van der Waals surface area contributed by atoms with Crippen molar-refractivity contribution < 1.29 is 29.0 Å². The number of aromatic nitrogens is 2. The van der Waals surface area contributed by atoms with Crippen molar-refractivity contribution in [1.29, 1.82) is 0 Å². The van der Waals surface area contributed by atoms with E-state index in [0.717, 1.165) is 5.56 Å². The lowest BCUT2D eigenvalue weighted by Gasteiger charge is -2.33. The minimum absolute atomic E-state index is 0.216. The molecule has 11 nitrogen and oxygen atoms in total. The predicted molar refractivity (Wildman–Crippen MR) is 138 cm³/mol. The fourth-order valence-electron chi connectivity index (χ4n) is 4.63. The van der Waals surface area contributed by atoms with E-state index in [0.29, 0.717) is 24.1 Å². The largest absolute Gasteiger partial charge is 0.481 e. The molecule has 1 aromatic heterocycles. The average molecular weight is 518 g/mol. The molecule has 1 unspecified atom stereocenters. The second-order valence-electron chi connectivity index (χ2n) is 9.48. The Morgan fingerprint density at radius 1 is 1.00 bits per heavy atom. The third-order valence-corrected chi connectivity index (χ3v) is 7.06. The third-order valence-electron chi connectivity index (χ3n) is 7.06. The number of carbonyl (C=O) groups excluding carboxylic acids is 3. The van der Waals surface area contributed by atoms with E-state index >= 15 is 0 Å². The van der Waals surface area contributed by atoms with Crippen LogP contribution in [0.1, 0.15) is 37.0 Å². The SMILES string of the molecule is CC(OC(=O)Nc1c(N2CC(=O)N(c3ccc(C4(C(=O)O)CC4)cc3)CC2=O)cnn1C)c1ccccc1. The average Bonchev–Trinajstić information content (AvgIpc) is 3.65. The molecule has 2 aliphatic rings. The van der Waals surface area contributed by atoms with E-state index in [1.165, 1.54) is 20.7 Å². The Morgan fingerprint density at radius 2 is 1.63 bits per heavy atom. The van der Waals surface area contributed by atoms with Gasteiger partial charge in [0.1, 0.15) is 24.9 Å². The van der Waals surface area contributed by atoms with E-state index in [1.807, 2.05) is 30.3 Å². The number of rotatable bonds is 7. The molecule has 3 aromatic rings. The van der Waals surface area contributed by atoms with Crippen molar-refractivity contribution in [1.82, 2.24) is 9.78 Å². The first-order valence-corrected chi connectivity index (χ1v) is 12.2. The molecule has 11 heteroatoms. The first-order chi connectivity index (χ1) is 18.2. The number of carboxylic acids is 1. The number of carbonyl (C=O) groups is 4. The number of aliphatic carboxylic acids is 1. The van der Waals surface area contributed by atoms with Gasteiger partial charge in [-0.3, -0.25) is 29.3 Å². The van der Waals surface area contributed by atoms with Crippen LogP contribution in [-0.4, -0.2) is 51.9 Å². The lowest BCUT2D eigenvalue weighted by Crippen LogP contribution is -2.54. The third kappa shape index (κ3) is 4.58. The number of piperazine rings is 1.